The van der Waals surface area contributed by atoms with Crippen molar-refractivity contribution in [1.82, 2.24) is 9.80 Å². The Morgan fingerprint density at radius 2 is 1.57 bits per heavy atom. The zero-order chi connectivity index (χ0) is 29.2. The molecule has 2 amide bonds. The van der Waals surface area contributed by atoms with E-state index in [9.17, 15) is 32.3 Å². The molecule has 1 unspecified atom stereocenters. The van der Waals surface area contributed by atoms with Crippen molar-refractivity contribution in [2.45, 2.75) is 43.9 Å². The molecule has 0 saturated carbocycles. The van der Waals surface area contributed by atoms with E-state index in [-0.39, 0.29) is 24.9 Å². The third-order valence-electron chi connectivity index (χ3n) is 8.10. The van der Waals surface area contributed by atoms with Gasteiger partial charge in [-0.2, -0.15) is 13.2 Å². The highest BCUT2D eigenvalue weighted by molar-refractivity contribution is 6.34. The quantitative estimate of drug-likeness (QED) is 0.458. The summed E-state index contributed by atoms with van der Waals surface area (Å²) >= 11 is 6.38. The largest absolute Gasteiger partial charge is 0.430 e. The van der Waals surface area contributed by atoms with Crippen LogP contribution in [0.3, 0.4) is 0 Å². The second kappa shape index (κ2) is 11.9. The fourth-order valence-corrected chi connectivity index (χ4v) is 5.99. The molecule has 1 atom stereocenters. The summed E-state index contributed by atoms with van der Waals surface area (Å²) in [6.45, 7) is 1.86. The molecule has 2 aromatic rings. The number of hydrogen-bond acceptors (Lipinski definition) is 4. The van der Waals surface area contributed by atoms with Gasteiger partial charge in [0.1, 0.15) is 5.82 Å². The smallest absolute Gasteiger partial charge is 0.371 e. The first-order valence-corrected chi connectivity index (χ1v) is 13.8. The van der Waals surface area contributed by atoms with Crippen molar-refractivity contribution in [3.63, 3.8) is 0 Å². The Balaban J connectivity index is 1.30. The standard InChI is InChI=1S/C29H34ClF4N3O3/c1-35(2)26(38)24-7-6-23(18-25(24)30)36-12-8-19(9-13-36)16-20-10-14-37(15-11-20)27(39)28(40,29(32,33)34)21-4-3-5-22(31)17-21/h3-7,17-20,40H,8-16H2,1-2H3. The average molecular weight is 584 g/mol. The molecule has 2 heterocycles. The Morgan fingerprint density at radius 3 is 2.10 bits per heavy atom. The number of nitrogens with zero attached hydrogens (tertiary/aromatic N) is 3. The lowest BCUT2D eigenvalue weighted by atomic mass is 9.82. The Labute approximate surface area is 236 Å². The number of benzene rings is 2. The monoisotopic (exact) mass is 583 g/mol. The number of anilines is 1. The van der Waals surface area contributed by atoms with E-state index in [0.717, 1.165) is 61.1 Å². The van der Waals surface area contributed by atoms with Crippen LogP contribution >= 0.6 is 11.6 Å². The van der Waals surface area contributed by atoms with E-state index in [0.29, 0.717) is 35.4 Å². The van der Waals surface area contributed by atoms with Crippen molar-refractivity contribution in [1.29, 1.82) is 0 Å². The van der Waals surface area contributed by atoms with Gasteiger partial charge < -0.3 is 19.8 Å². The number of halogens is 5. The van der Waals surface area contributed by atoms with Gasteiger partial charge in [-0.25, -0.2) is 4.39 Å². The van der Waals surface area contributed by atoms with Gasteiger partial charge in [0.25, 0.3) is 17.4 Å². The zero-order valence-electron chi connectivity index (χ0n) is 22.6. The molecule has 2 saturated heterocycles. The molecule has 11 heteroatoms. The molecule has 2 aromatic carbocycles. The summed E-state index contributed by atoms with van der Waals surface area (Å²) in [6.07, 6.45) is -1.40. The molecule has 0 spiro atoms. The minimum absolute atomic E-state index is 0.104. The van der Waals surface area contributed by atoms with Crippen molar-refractivity contribution < 1.29 is 32.3 Å². The fraction of sp³-hybridized carbons (Fsp3) is 0.517. The SMILES string of the molecule is CN(C)C(=O)c1ccc(N2CCC(CC3CCN(C(=O)C(O)(c4cccc(F)c4)C(F)(F)F)CC3)CC2)cc1Cl. The maximum Gasteiger partial charge on any atom is 0.430 e. The van der Waals surface area contributed by atoms with Crippen molar-refractivity contribution in [2.24, 2.45) is 11.8 Å². The van der Waals surface area contributed by atoms with Gasteiger partial charge in [-0.3, -0.25) is 9.59 Å². The predicted molar refractivity (Wildman–Crippen MR) is 145 cm³/mol. The number of carbonyl (C=O) groups is 2. The van der Waals surface area contributed by atoms with Gasteiger partial charge in [0, 0.05) is 51.5 Å². The molecular formula is C29H34ClF4N3O3. The topological polar surface area (TPSA) is 64.1 Å². The van der Waals surface area contributed by atoms with E-state index in [2.05, 4.69) is 4.90 Å². The Kier molecular flexibility index (Phi) is 8.99. The van der Waals surface area contributed by atoms with Crippen LogP contribution in [0, 0.1) is 17.7 Å². The van der Waals surface area contributed by atoms with Crippen LogP contribution in [0.5, 0.6) is 0 Å². The van der Waals surface area contributed by atoms with Crippen molar-refractivity contribution in [2.75, 3.05) is 45.2 Å². The summed E-state index contributed by atoms with van der Waals surface area (Å²) in [5.41, 5.74) is -3.20. The third kappa shape index (κ3) is 6.22. The Bertz CT molecular complexity index is 1230. The lowest BCUT2D eigenvalue weighted by Gasteiger charge is -2.40. The molecule has 1 N–H and O–H groups in total. The minimum atomic E-state index is -5.30. The Morgan fingerprint density at radius 1 is 0.975 bits per heavy atom. The molecule has 4 rings (SSSR count). The summed E-state index contributed by atoms with van der Waals surface area (Å²) < 4.78 is 55.4. The van der Waals surface area contributed by atoms with Crippen LogP contribution < -0.4 is 4.90 Å². The molecule has 2 aliphatic heterocycles. The van der Waals surface area contributed by atoms with Gasteiger partial charge in [-0.1, -0.05) is 23.7 Å². The van der Waals surface area contributed by atoms with Crippen molar-refractivity contribution in [3.05, 3.63) is 64.4 Å². The van der Waals surface area contributed by atoms with Gasteiger partial charge in [0.15, 0.2) is 0 Å². The zero-order valence-corrected chi connectivity index (χ0v) is 23.3. The number of likely N-dealkylation sites (tertiary alicyclic amines) is 1. The first kappa shape index (κ1) is 30.1. The van der Waals surface area contributed by atoms with E-state index in [1.54, 1.807) is 20.2 Å². The maximum atomic E-state index is 13.9. The molecule has 0 bridgehead atoms. The van der Waals surface area contributed by atoms with Gasteiger partial charge >= 0.3 is 6.18 Å². The second-order valence-electron chi connectivity index (χ2n) is 11.0. The molecule has 218 valence electrons. The molecular weight excluding hydrogens is 550 g/mol. The third-order valence-corrected chi connectivity index (χ3v) is 8.41. The summed E-state index contributed by atoms with van der Waals surface area (Å²) in [5.74, 6) is -1.86. The van der Waals surface area contributed by atoms with E-state index in [4.69, 9.17) is 11.6 Å². The number of piperidine rings is 2. The first-order valence-electron chi connectivity index (χ1n) is 13.4. The van der Waals surface area contributed by atoms with Gasteiger partial charge in [0.05, 0.1) is 10.6 Å². The van der Waals surface area contributed by atoms with Crippen LogP contribution in [0.2, 0.25) is 5.02 Å². The molecule has 6 nitrogen and oxygen atoms in total. The predicted octanol–water partition coefficient (Wildman–Crippen LogP) is 5.48. The summed E-state index contributed by atoms with van der Waals surface area (Å²) in [6, 6.07) is 8.94. The molecule has 2 fully saturated rings. The first-order chi connectivity index (χ1) is 18.8. The molecule has 0 radical (unpaired) electrons. The van der Waals surface area contributed by atoms with Crippen LogP contribution in [0.4, 0.5) is 23.2 Å². The highest BCUT2D eigenvalue weighted by atomic mass is 35.5. The van der Waals surface area contributed by atoms with Crippen LogP contribution in [0.15, 0.2) is 42.5 Å². The summed E-state index contributed by atoms with van der Waals surface area (Å²) in [5, 5.41) is 11.0. The second-order valence-corrected chi connectivity index (χ2v) is 11.4. The van der Waals surface area contributed by atoms with Gasteiger partial charge in [-0.15, -0.1) is 0 Å². The van der Waals surface area contributed by atoms with Crippen molar-refractivity contribution >= 4 is 29.1 Å². The number of rotatable bonds is 6. The van der Waals surface area contributed by atoms with Crippen LogP contribution in [-0.2, 0) is 10.4 Å². The van der Waals surface area contributed by atoms with Crippen molar-refractivity contribution in [3.8, 4) is 0 Å². The summed E-state index contributed by atoms with van der Waals surface area (Å²) in [7, 11) is 3.35. The molecule has 0 aromatic heterocycles. The van der Waals surface area contributed by atoms with Crippen LogP contribution in [0.25, 0.3) is 0 Å². The summed E-state index contributed by atoms with van der Waals surface area (Å²) in [4.78, 5) is 30.0. The lowest BCUT2D eigenvalue weighted by Crippen LogP contribution is -2.57. The Hall–Kier alpha value is -2.85. The highest BCUT2D eigenvalue weighted by Gasteiger charge is 2.62. The number of alkyl halides is 3. The van der Waals surface area contributed by atoms with Gasteiger partial charge in [0.2, 0.25) is 0 Å². The molecule has 0 aliphatic carbocycles. The number of amides is 2. The lowest BCUT2D eigenvalue weighted by molar-refractivity contribution is -0.262. The fourth-order valence-electron chi connectivity index (χ4n) is 5.74. The maximum absolute atomic E-state index is 13.9. The highest BCUT2D eigenvalue weighted by Crippen LogP contribution is 2.42. The number of hydrogen-bond donors (Lipinski definition) is 1. The van der Waals surface area contributed by atoms with Crippen LogP contribution in [-0.4, -0.2) is 73.2 Å². The number of aliphatic hydroxyl groups is 1. The van der Waals surface area contributed by atoms with E-state index >= 15 is 0 Å². The number of carbonyl (C=O) groups excluding carboxylic acids is 2. The normalized spacial score (nSPS) is 18.9. The molecule has 40 heavy (non-hydrogen) atoms. The molecule has 2 aliphatic rings. The average Bonchev–Trinajstić information content (AvgIpc) is 2.92. The van der Waals surface area contributed by atoms with E-state index in [1.165, 1.54) is 4.90 Å². The minimum Gasteiger partial charge on any atom is -0.371 e. The van der Waals surface area contributed by atoms with Crippen LogP contribution in [0.1, 0.15) is 48.0 Å². The van der Waals surface area contributed by atoms with Gasteiger partial charge in [-0.05, 0) is 74.3 Å². The van der Waals surface area contributed by atoms with E-state index < -0.39 is 29.1 Å². The van der Waals surface area contributed by atoms with E-state index in [1.807, 2.05) is 12.1 Å².